The Labute approximate surface area is 153 Å². The first kappa shape index (κ1) is 17.7. The number of hydrogen-bond acceptors (Lipinski definition) is 4. The topological polar surface area (TPSA) is 38.5 Å². The van der Waals surface area contributed by atoms with Gasteiger partial charge in [-0.05, 0) is 23.8 Å². The van der Waals surface area contributed by atoms with Crippen molar-refractivity contribution < 1.29 is 9.26 Å². The average Bonchev–Trinajstić information content (AvgIpc) is 3.06. The van der Waals surface area contributed by atoms with Crippen LogP contribution in [0.2, 0.25) is 0 Å². The Bertz CT molecular complexity index is 934. The maximum atomic E-state index is 5.26. The number of aromatic nitrogens is 1. The molecule has 0 unspecified atom stereocenters. The van der Waals surface area contributed by atoms with Crippen LogP contribution in [0.3, 0.4) is 0 Å². The van der Waals surface area contributed by atoms with Crippen LogP contribution in [0.25, 0.3) is 23.9 Å². The summed E-state index contributed by atoms with van der Waals surface area (Å²) in [6.07, 6.45) is 16.2. The summed E-state index contributed by atoms with van der Waals surface area (Å²) in [4.78, 5) is 2.09. The van der Waals surface area contributed by atoms with E-state index in [1.165, 1.54) is 0 Å². The molecule has 0 amide bonds. The Hall–Kier alpha value is -3.11. The SMILES string of the molecule is C=c1onc(-c2ccccc2)/c1=C\C=C\C=C1C=CN(CCOC)C=C1. The van der Waals surface area contributed by atoms with Crippen LogP contribution < -0.4 is 10.6 Å². The monoisotopic (exact) mass is 346 g/mol. The van der Waals surface area contributed by atoms with Gasteiger partial charge in [0.05, 0.1) is 6.61 Å². The summed E-state index contributed by atoms with van der Waals surface area (Å²) in [6, 6.07) is 9.95. The average molecular weight is 346 g/mol. The minimum Gasteiger partial charge on any atom is -0.383 e. The summed E-state index contributed by atoms with van der Waals surface area (Å²) >= 11 is 0. The van der Waals surface area contributed by atoms with E-state index < -0.39 is 0 Å². The van der Waals surface area contributed by atoms with Crippen molar-refractivity contribution in [2.75, 3.05) is 20.3 Å². The minimum absolute atomic E-state index is 0.562. The van der Waals surface area contributed by atoms with Gasteiger partial charge in [0.2, 0.25) is 0 Å². The molecule has 0 saturated heterocycles. The molecular weight excluding hydrogens is 324 g/mol. The van der Waals surface area contributed by atoms with Crippen LogP contribution in [0.15, 0.2) is 83.2 Å². The smallest absolute Gasteiger partial charge is 0.160 e. The highest BCUT2D eigenvalue weighted by Crippen LogP contribution is 2.11. The summed E-state index contributed by atoms with van der Waals surface area (Å²) in [7, 11) is 1.71. The molecule has 1 aromatic heterocycles. The Kier molecular flexibility index (Phi) is 6.01. The predicted octanol–water partition coefficient (Wildman–Crippen LogP) is 3.00. The van der Waals surface area contributed by atoms with Crippen molar-refractivity contribution in [1.29, 1.82) is 0 Å². The van der Waals surface area contributed by atoms with Crippen LogP contribution in [-0.2, 0) is 4.74 Å². The fraction of sp³-hybridized carbons (Fsp3) is 0.136. The minimum atomic E-state index is 0.562. The Morgan fingerprint density at radius 3 is 2.58 bits per heavy atom. The van der Waals surface area contributed by atoms with Gasteiger partial charge < -0.3 is 14.2 Å². The van der Waals surface area contributed by atoms with E-state index in [0.717, 1.165) is 28.6 Å². The van der Waals surface area contributed by atoms with Gasteiger partial charge in [-0.3, -0.25) is 0 Å². The zero-order valence-electron chi connectivity index (χ0n) is 14.8. The zero-order chi connectivity index (χ0) is 18.2. The fourth-order valence-corrected chi connectivity index (χ4v) is 2.55. The standard InChI is InChI=1S/C22H22N2O2/c1-18-21(22(23-26-18)20-9-4-3-5-10-20)11-7-6-8-19-12-14-24(15-13-19)16-17-25-2/h3-15H,1,16-17H2,2H3/b7-6+,21-11-. The lowest BCUT2D eigenvalue weighted by molar-refractivity contribution is 0.182. The molecule has 132 valence electrons. The van der Waals surface area contributed by atoms with E-state index in [9.17, 15) is 0 Å². The van der Waals surface area contributed by atoms with E-state index in [0.29, 0.717) is 12.0 Å². The summed E-state index contributed by atoms with van der Waals surface area (Å²) in [5.74, 6) is 0. The number of rotatable bonds is 6. The van der Waals surface area contributed by atoms with Crippen molar-refractivity contribution in [3.63, 3.8) is 0 Å². The molecule has 0 bridgehead atoms. The van der Waals surface area contributed by atoms with Crippen molar-refractivity contribution in [1.82, 2.24) is 10.1 Å². The second kappa shape index (κ2) is 8.83. The third-order valence-corrected chi connectivity index (χ3v) is 3.98. The van der Waals surface area contributed by atoms with Crippen molar-refractivity contribution in [2.45, 2.75) is 0 Å². The third kappa shape index (κ3) is 4.49. The number of hydrogen-bond donors (Lipinski definition) is 0. The zero-order valence-corrected chi connectivity index (χ0v) is 14.8. The first-order valence-electron chi connectivity index (χ1n) is 8.48. The number of ether oxygens (including phenoxy) is 1. The molecule has 0 fully saturated rings. The lowest BCUT2D eigenvalue weighted by Gasteiger charge is -2.17. The number of benzene rings is 1. The summed E-state index contributed by atoms with van der Waals surface area (Å²) < 4.78 is 10.3. The third-order valence-electron chi connectivity index (χ3n) is 3.98. The molecular formula is C22H22N2O2. The fourth-order valence-electron chi connectivity index (χ4n) is 2.55. The Morgan fingerprint density at radius 1 is 1.12 bits per heavy atom. The van der Waals surface area contributed by atoms with Gasteiger partial charge in [-0.15, -0.1) is 0 Å². The molecule has 26 heavy (non-hydrogen) atoms. The van der Waals surface area contributed by atoms with Gasteiger partial charge in [0.15, 0.2) is 5.42 Å². The van der Waals surface area contributed by atoms with Crippen LogP contribution in [0.4, 0.5) is 0 Å². The van der Waals surface area contributed by atoms with E-state index >= 15 is 0 Å². The van der Waals surface area contributed by atoms with Crippen LogP contribution >= 0.6 is 0 Å². The summed E-state index contributed by atoms with van der Waals surface area (Å²) in [5.41, 5.74) is 3.51. The number of nitrogens with zero attached hydrogens (tertiary/aromatic N) is 2. The van der Waals surface area contributed by atoms with Gasteiger partial charge in [0, 0.05) is 36.8 Å². The van der Waals surface area contributed by atoms with E-state index in [4.69, 9.17) is 9.26 Å². The van der Waals surface area contributed by atoms with E-state index in [2.05, 4.69) is 34.9 Å². The first-order valence-corrected chi connectivity index (χ1v) is 8.48. The Morgan fingerprint density at radius 2 is 1.85 bits per heavy atom. The molecule has 0 spiro atoms. The highest BCUT2D eigenvalue weighted by molar-refractivity contribution is 5.61. The predicted molar refractivity (Wildman–Crippen MR) is 105 cm³/mol. The normalized spacial score (nSPS) is 14.6. The quantitative estimate of drug-likeness (QED) is 0.806. The highest BCUT2D eigenvalue weighted by atomic mass is 16.5. The lowest BCUT2D eigenvalue weighted by atomic mass is 10.1. The molecule has 0 radical (unpaired) electrons. The van der Waals surface area contributed by atoms with Gasteiger partial charge >= 0.3 is 0 Å². The van der Waals surface area contributed by atoms with E-state index in [-0.39, 0.29) is 0 Å². The molecule has 4 heteroatoms. The molecule has 4 nitrogen and oxygen atoms in total. The van der Waals surface area contributed by atoms with Crippen molar-refractivity contribution >= 4 is 12.7 Å². The van der Waals surface area contributed by atoms with Crippen molar-refractivity contribution in [3.8, 4) is 11.3 Å². The molecule has 1 aliphatic heterocycles. The van der Waals surface area contributed by atoms with Crippen LogP contribution in [0.1, 0.15) is 0 Å². The molecule has 1 aliphatic rings. The summed E-state index contributed by atoms with van der Waals surface area (Å²) in [6.45, 7) is 5.48. The molecule has 0 aliphatic carbocycles. The largest absolute Gasteiger partial charge is 0.383 e. The number of methoxy groups -OCH3 is 1. The van der Waals surface area contributed by atoms with Crippen LogP contribution in [0, 0.1) is 0 Å². The van der Waals surface area contributed by atoms with Gasteiger partial charge in [0.25, 0.3) is 0 Å². The maximum Gasteiger partial charge on any atom is 0.160 e. The van der Waals surface area contributed by atoms with Gasteiger partial charge in [-0.1, -0.05) is 60.3 Å². The van der Waals surface area contributed by atoms with Gasteiger partial charge in [-0.2, -0.15) is 0 Å². The second-order valence-electron chi connectivity index (χ2n) is 5.81. The molecule has 0 saturated carbocycles. The van der Waals surface area contributed by atoms with Crippen LogP contribution in [-0.4, -0.2) is 30.3 Å². The first-order chi connectivity index (χ1) is 12.8. The summed E-state index contributed by atoms with van der Waals surface area (Å²) in [5, 5.41) is 5.03. The van der Waals surface area contributed by atoms with E-state index in [1.54, 1.807) is 7.11 Å². The molecule has 3 rings (SSSR count). The van der Waals surface area contributed by atoms with Gasteiger partial charge in [0.1, 0.15) is 5.69 Å². The Balaban J connectivity index is 1.73. The van der Waals surface area contributed by atoms with Gasteiger partial charge in [-0.25, -0.2) is 0 Å². The van der Waals surface area contributed by atoms with Crippen LogP contribution in [0.5, 0.6) is 0 Å². The van der Waals surface area contributed by atoms with E-state index in [1.807, 2.05) is 61.0 Å². The highest BCUT2D eigenvalue weighted by Gasteiger charge is 2.04. The molecule has 2 aromatic rings. The second-order valence-corrected chi connectivity index (χ2v) is 5.81. The lowest BCUT2D eigenvalue weighted by Crippen LogP contribution is -2.19. The molecule has 0 atom stereocenters. The maximum absolute atomic E-state index is 5.26. The molecule has 2 heterocycles. The van der Waals surface area contributed by atoms with Crippen molar-refractivity contribution in [2.24, 2.45) is 0 Å². The molecule has 0 N–H and O–H groups in total. The van der Waals surface area contributed by atoms with Crippen molar-refractivity contribution in [3.05, 3.63) is 89.3 Å². The molecule has 1 aromatic carbocycles. The number of allylic oxidation sites excluding steroid dienone is 6.